The number of nitrogens with zero attached hydrogens (tertiary/aromatic N) is 2. The van der Waals surface area contributed by atoms with Crippen LogP contribution in [0.1, 0.15) is 15.9 Å². The molecule has 2 aromatic rings. The number of amides is 1. The van der Waals surface area contributed by atoms with E-state index in [1.807, 2.05) is 0 Å². The van der Waals surface area contributed by atoms with Gasteiger partial charge in [0.15, 0.2) is 0 Å². The molecule has 8 nitrogen and oxygen atoms in total. The number of rotatable bonds is 5. The molecule has 0 fully saturated rings. The largest absolute Gasteiger partial charge is 0.497 e. The number of carbonyl (C=O) groups is 1. The van der Waals surface area contributed by atoms with Gasteiger partial charge in [-0.3, -0.25) is 14.9 Å². The third-order valence-electron chi connectivity index (χ3n) is 3.12. The van der Waals surface area contributed by atoms with Crippen molar-refractivity contribution in [3.05, 3.63) is 51.7 Å². The van der Waals surface area contributed by atoms with E-state index in [9.17, 15) is 14.9 Å². The summed E-state index contributed by atoms with van der Waals surface area (Å²) in [5.41, 5.74) is 0.673. The number of hydrogen-bond donors (Lipinski definition) is 1. The van der Waals surface area contributed by atoms with Crippen molar-refractivity contribution in [3.63, 3.8) is 0 Å². The third kappa shape index (κ3) is 3.73. The second-order valence-corrected chi connectivity index (χ2v) is 4.67. The van der Waals surface area contributed by atoms with Crippen molar-refractivity contribution >= 4 is 17.4 Å². The molecule has 0 saturated heterocycles. The van der Waals surface area contributed by atoms with Crippen LogP contribution in [0.25, 0.3) is 0 Å². The lowest BCUT2D eigenvalue weighted by atomic mass is 10.1. The predicted octanol–water partition coefficient (Wildman–Crippen LogP) is 2.57. The van der Waals surface area contributed by atoms with Gasteiger partial charge in [0.25, 0.3) is 11.6 Å². The van der Waals surface area contributed by atoms with Crippen LogP contribution in [-0.4, -0.2) is 30.0 Å². The van der Waals surface area contributed by atoms with Crippen LogP contribution in [0.2, 0.25) is 0 Å². The molecule has 0 aliphatic heterocycles. The van der Waals surface area contributed by atoms with E-state index in [-0.39, 0.29) is 11.5 Å². The second kappa shape index (κ2) is 6.73. The average Bonchev–Trinajstić information content (AvgIpc) is 2.55. The van der Waals surface area contributed by atoms with Gasteiger partial charge < -0.3 is 14.8 Å². The molecule has 0 aliphatic rings. The number of nitrogens with one attached hydrogen (secondary N) is 1. The topological polar surface area (TPSA) is 104 Å². The molecule has 120 valence electrons. The van der Waals surface area contributed by atoms with Crippen LogP contribution in [-0.2, 0) is 0 Å². The van der Waals surface area contributed by atoms with Crippen LogP contribution in [0.3, 0.4) is 0 Å². The van der Waals surface area contributed by atoms with E-state index < -0.39 is 10.8 Å². The molecule has 1 heterocycles. The lowest BCUT2D eigenvalue weighted by molar-refractivity contribution is -0.385. The van der Waals surface area contributed by atoms with Gasteiger partial charge in [-0.2, -0.15) is 0 Å². The first-order chi connectivity index (χ1) is 10.9. The van der Waals surface area contributed by atoms with Gasteiger partial charge in [-0.05, 0) is 24.6 Å². The first-order valence-electron chi connectivity index (χ1n) is 6.60. The van der Waals surface area contributed by atoms with Crippen molar-refractivity contribution < 1.29 is 19.2 Å². The van der Waals surface area contributed by atoms with E-state index in [0.717, 1.165) is 6.20 Å². The number of methoxy groups -OCH3 is 2. The highest BCUT2D eigenvalue weighted by Gasteiger charge is 2.14. The summed E-state index contributed by atoms with van der Waals surface area (Å²) in [5.74, 6) is 0.778. The average molecular weight is 317 g/mol. The Morgan fingerprint density at radius 3 is 2.26 bits per heavy atom. The summed E-state index contributed by atoms with van der Waals surface area (Å²) >= 11 is 0. The van der Waals surface area contributed by atoms with Crippen LogP contribution in [0, 0.1) is 17.0 Å². The molecule has 0 radical (unpaired) electrons. The maximum atomic E-state index is 12.3. The quantitative estimate of drug-likeness (QED) is 0.671. The molecule has 0 unspecified atom stereocenters. The van der Waals surface area contributed by atoms with Crippen molar-refractivity contribution in [3.8, 4) is 11.5 Å². The molecule has 0 bridgehead atoms. The van der Waals surface area contributed by atoms with E-state index in [1.54, 1.807) is 25.1 Å². The number of hydrogen-bond acceptors (Lipinski definition) is 6. The summed E-state index contributed by atoms with van der Waals surface area (Å²) in [7, 11) is 2.97. The Labute approximate surface area is 132 Å². The van der Waals surface area contributed by atoms with Crippen molar-refractivity contribution in [2.45, 2.75) is 6.92 Å². The Morgan fingerprint density at radius 1 is 1.17 bits per heavy atom. The lowest BCUT2D eigenvalue weighted by Crippen LogP contribution is -2.14. The van der Waals surface area contributed by atoms with Gasteiger partial charge in [0.05, 0.1) is 19.1 Å². The molecule has 23 heavy (non-hydrogen) atoms. The van der Waals surface area contributed by atoms with Gasteiger partial charge in [0.2, 0.25) is 0 Å². The van der Waals surface area contributed by atoms with Gasteiger partial charge in [0, 0.05) is 17.7 Å². The van der Waals surface area contributed by atoms with Gasteiger partial charge >= 0.3 is 0 Å². The molecule has 0 aliphatic carbocycles. The smallest absolute Gasteiger partial charge is 0.287 e. The standard InChI is InChI=1S/C15H15N3O5/c1-9-4-11(18(20)21)8-16-14(9)17-15(19)10-5-12(22-2)7-13(6-10)23-3/h4-8H,1-3H3,(H,16,17,19). The van der Waals surface area contributed by atoms with Gasteiger partial charge in [-0.15, -0.1) is 0 Å². The minimum Gasteiger partial charge on any atom is -0.497 e. The second-order valence-electron chi connectivity index (χ2n) is 4.67. The van der Waals surface area contributed by atoms with Crippen molar-refractivity contribution in [2.75, 3.05) is 19.5 Å². The van der Waals surface area contributed by atoms with E-state index in [4.69, 9.17) is 9.47 Å². The van der Waals surface area contributed by atoms with Crippen LogP contribution in [0.5, 0.6) is 11.5 Å². The Bertz CT molecular complexity index is 739. The number of ether oxygens (including phenoxy) is 2. The van der Waals surface area contributed by atoms with Crippen molar-refractivity contribution in [2.24, 2.45) is 0 Å². The molecule has 1 amide bonds. The molecular formula is C15H15N3O5. The number of benzene rings is 1. The fourth-order valence-corrected chi connectivity index (χ4v) is 1.91. The van der Waals surface area contributed by atoms with Crippen LogP contribution >= 0.6 is 0 Å². The minimum atomic E-state index is -0.543. The van der Waals surface area contributed by atoms with Crippen molar-refractivity contribution in [1.82, 2.24) is 4.98 Å². The molecule has 0 saturated carbocycles. The Balaban J connectivity index is 2.27. The SMILES string of the molecule is COc1cc(OC)cc(C(=O)Nc2ncc([N+](=O)[O-])cc2C)c1. The molecule has 2 rings (SSSR count). The number of anilines is 1. The van der Waals surface area contributed by atoms with E-state index >= 15 is 0 Å². The molecule has 0 atom stereocenters. The number of aromatic nitrogens is 1. The highest BCUT2D eigenvalue weighted by Crippen LogP contribution is 2.24. The van der Waals surface area contributed by atoms with E-state index in [2.05, 4.69) is 10.3 Å². The molecule has 0 spiro atoms. The molecule has 1 aromatic carbocycles. The van der Waals surface area contributed by atoms with Gasteiger partial charge in [-0.25, -0.2) is 4.98 Å². The maximum Gasteiger partial charge on any atom is 0.287 e. The first-order valence-corrected chi connectivity index (χ1v) is 6.60. The van der Waals surface area contributed by atoms with Crippen LogP contribution < -0.4 is 14.8 Å². The summed E-state index contributed by atoms with van der Waals surface area (Å²) in [6, 6.07) is 6.10. The molecule has 1 aromatic heterocycles. The minimum absolute atomic E-state index is 0.136. The summed E-state index contributed by atoms with van der Waals surface area (Å²) in [6.45, 7) is 1.63. The number of aryl methyl sites for hydroxylation is 1. The Hall–Kier alpha value is -3.16. The fraction of sp³-hybridized carbons (Fsp3) is 0.200. The highest BCUT2D eigenvalue weighted by atomic mass is 16.6. The monoisotopic (exact) mass is 317 g/mol. The lowest BCUT2D eigenvalue weighted by Gasteiger charge is -2.10. The van der Waals surface area contributed by atoms with Crippen molar-refractivity contribution in [1.29, 1.82) is 0 Å². The summed E-state index contributed by atoms with van der Waals surface area (Å²) in [5, 5.41) is 13.3. The summed E-state index contributed by atoms with van der Waals surface area (Å²) in [4.78, 5) is 26.4. The number of carbonyl (C=O) groups excluding carboxylic acids is 1. The number of pyridine rings is 1. The third-order valence-corrected chi connectivity index (χ3v) is 3.12. The zero-order valence-corrected chi connectivity index (χ0v) is 12.8. The predicted molar refractivity (Wildman–Crippen MR) is 83.1 cm³/mol. The zero-order chi connectivity index (χ0) is 17.0. The normalized spacial score (nSPS) is 10.0. The Kier molecular flexibility index (Phi) is 4.75. The highest BCUT2D eigenvalue weighted by molar-refractivity contribution is 6.04. The molecule has 8 heteroatoms. The Morgan fingerprint density at radius 2 is 1.78 bits per heavy atom. The van der Waals surface area contributed by atoms with Gasteiger partial charge in [-0.1, -0.05) is 0 Å². The van der Waals surface area contributed by atoms with Gasteiger partial charge in [0.1, 0.15) is 23.5 Å². The molecule has 1 N–H and O–H groups in total. The maximum absolute atomic E-state index is 12.3. The molecular weight excluding hydrogens is 302 g/mol. The fourth-order valence-electron chi connectivity index (χ4n) is 1.91. The number of nitro groups is 1. The summed E-state index contributed by atoms with van der Waals surface area (Å²) in [6.07, 6.45) is 1.09. The van der Waals surface area contributed by atoms with Crippen LogP contribution in [0.4, 0.5) is 11.5 Å². The zero-order valence-electron chi connectivity index (χ0n) is 12.8. The van der Waals surface area contributed by atoms with E-state index in [1.165, 1.54) is 20.3 Å². The first kappa shape index (κ1) is 16.2. The van der Waals surface area contributed by atoms with E-state index in [0.29, 0.717) is 22.6 Å². The van der Waals surface area contributed by atoms with Crippen LogP contribution in [0.15, 0.2) is 30.5 Å². The summed E-state index contributed by atoms with van der Waals surface area (Å²) < 4.78 is 10.2.